The summed E-state index contributed by atoms with van der Waals surface area (Å²) >= 11 is 1.53. The van der Waals surface area contributed by atoms with Crippen molar-refractivity contribution in [3.8, 4) is 0 Å². The first kappa shape index (κ1) is 17.5. The second kappa shape index (κ2) is 5.47. The van der Waals surface area contributed by atoms with Crippen LogP contribution < -0.4 is 16.4 Å². The molecule has 146 valence electrons. The fraction of sp³-hybridized carbons (Fsp3) is 0.706. The number of allylic oxidation sites excluding steroid dienone is 1. The Labute approximate surface area is 160 Å². The predicted octanol–water partition coefficient (Wildman–Crippen LogP) is -1.42. The van der Waals surface area contributed by atoms with Crippen molar-refractivity contribution < 1.29 is 23.9 Å². The molecular formula is C17H22N4O5S. The van der Waals surface area contributed by atoms with Gasteiger partial charge in [-0.3, -0.25) is 9.59 Å². The monoisotopic (exact) mass is 394 g/mol. The molecule has 6 atom stereocenters. The number of methoxy groups -OCH3 is 1. The highest BCUT2D eigenvalue weighted by atomic mass is 32.2. The van der Waals surface area contributed by atoms with Crippen LogP contribution in [0.5, 0.6) is 0 Å². The number of nitrogens with one attached hydrogen (secondary N) is 2. The first-order valence-corrected chi connectivity index (χ1v) is 10.1. The van der Waals surface area contributed by atoms with E-state index in [4.69, 9.17) is 15.2 Å². The number of carbonyl (C=O) groups excluding carboxylic acids is 3. The Kier molecular flexibility index (Phi) is 3.54. The average molecular weight is 394 g/mol. The van der Waals surface area contributed by atoms with E-state index in [1.165, 1.54) is 11.8 Å². The molecule has 1 amide bonds. The minimum Gasteiger partial charge on any atom is -0.449 e. The maximum absolute atomic E-state index is 13.6. The summed E-state index contributed by atoms with van der Waals surface area (Å²) in [4.78, 5) is 40.3. The lowest BCUT2D eigenvalue weighted by molar-refractivity contribution is -0.138. The number of hydrogen-bond acceptors (Lipinski definition) is 9. The molecule has 4 heterocycles. The highest BCUT2D eigenvalue weighted by molar-refractivity contribution is 8.01. The number of carbonyl (C=O) groups is 3. The zero-order valence-corrected chi connectivity index (χ0v) is 15.9. The van der Waals surface area contributed by atoms with Crippen molar-refractivity contribution in [3.63, 3.8) is 0 Å². The Balaban J connectivity index is 1.65. The van der Waals surface area contributed by atoms with Gasteiger partial charge in [-0.25, -0.2) is 4.79 Å². The van der Waals surface area contributed by atoms with Gasteiger partial charge in [0.05, 0.1) is 23.7 Å². The van der Waals surface area contributed by atoms with Gasteiger partial charge in [-0.15, -0.1) is 11.8 Å². The molecule has 3 saturated heterocycles. The van der Waals surface area contributed by atoms with Crippen LogP contribution in [-0.2, 0) is 19.1 Å². The number of thioether (sulfide) groups is 1. The number of nitrogens with zero attached hydrogens (tertiary/aromatic N) is 1. The molecule has 0 aromatic carbocycles. The van der Waals surface area contributed by atoms with Gasteiger partial charge in [0, 0.05) is 37.6 Å². The SMILES string of the molecule is CO[C@@]12[C@H](COC(N)=O)C3=C(C(=O)C4(C)SCCNC4C3=O)N1C[C@@H]1N[C@@H]12. The van der Waals surface area contributed by atoms with E-state index in [0.717, 1.165) is 5.75 Å². The largest absolute Gasteiger partial charge is 0.449 e. The van der Waals surface area contributed by atoms with Crippen molar-refractivity contribution in [1.82, 2.24) is 15.5 Å². The minimum absolute atomic E-state index is 0.0226. The molecule has 5 rings (SSSR count). The number of rotatable bonds is 3. The summed E-state index contributed by atoms with van der Waals surface area (Å²) in [5.74, 6) is 0.0409. The van der Waals surface area contributed by atoms with Gasteiger partial charge in [-0.05, 0) is 6.92 Å². The zero-order chi connectivity index (χ0) is 19.1. The van der Waals surface area contributed by atoms with Crippen LogP contribution in [0.3, 0.4) is 0 Å². The first-order valence-electron chi connectivity index (χ1n) is 9.08. The fourth-order valence-corrected chi connectivity index (χ4v) is 6.62. The molecule has 4 aliphatic heterocycles. The predicted molar refractivity (Wildman–Crippen MR) is 95.9 cm³/mol. The third kappa shape index (κ3) is 1.99. The molecule has 3 fully saturated rings. The van der Waals surface area contributed by atoms with E-state index in [1.54, 1.807) is 7.11 Å². The molecule has 0 saturated carbocycles. The van der Waals surface area contributed by atoms with Gasteiger partial charge in [0.2, 0.25) is 0 Å². The van der Waals surface area contributed by atoms with E-state index in [-0.39, 0.29) is 30.3 Å². The van der Waals surface area contributed by atoms with E-state index in [9.17, 15) is 14.4 Å². The van der Waals surface area contributed by atoms with Crippen LogP contribution in [0.1, 0.15) is 6.92 Å². The molecule has 1 aliphatic carbocycles. The molecule has 0 aromatic heterocycles. The summed E-state index contributed by atoms with van der Waals surface area (Å²) < 4.78 is 10.2. The van der Waals surface area contributed by atoms with E-state index >= 15 is 0 Å². The van der Waals surface area contributed by atoms with Gasteiger partial charge in [-0.1, -0.05) is 0 Å². The normalized spacial score (nSPS) is 44.6. The van der Waals surface area contributed by atoms with E-state index in [1.807, 2.05) is 11.8 Å². The second-order valence-electron chi connectivity index (χ2n) is 7.80. The Bertz CT molecular complexity index is 802. The Hall–Kier alpha value is -1.62. The molecule has 0 bridgehead atoms. The van der Waals surface area contributed by atoms with Crippen LogP contribution in [0.25, 0.3) is 0 Å². The van der Waals surface area contributed by atoms with Crippen molar-refractivity contribution in [2.24, 2.45) is 11.7 Å². The molecule has 0 radical (unpaired) electrons. The summed E-state index contributed by atoms with van der Waals surface area (Å²) in [7, 11) is 1.57. The van der Waals surface area contributed by atoms with Gasteiger partial charge in [0.15, 0.2) is 17.3 Å². The molecule has 5 aliphatic rings. The van der Waals surface area contributed by atoms with Gasteiger partial charge in [0.25, 0.3) is 0 Å². The van der Waals surface area contributed by atoms with Crippen LogP contribution in [0.2, 0.25) is 0 Å². The molecule has 0 spiro atoms. The molecule has 2 unspecified atom stereocenters. The average Bonchev–Trinajstić information content (AvgIpc) is 3.25. The first-order chi connectivity index (χ1) is 12.9. The van der Waals surface area contributed by atoms with E-state index in [0.29, 0.717) is 24.4 Å². The van der Waals surface area contributed by atoms with Crippen LogP contribution in [0.4, 0.5) is 4.79 Å². The van der Waals surface area contributed by atoms with Crippen molar-refractivity contribution in [2.45, 2.75) is 35.5 Å². The summed E-state index contributed by atoms with van der Waals surface area (Å²) in [6.45, 7) is 3.00. The van der Waals surface area contributed by atoms with Gasteiger partial charge < -0.3 is 30.7 Å². The maximum Gasteiger partial charge on any atom is 0.404 e. The number of fused-ring (bicyclic) bond motifs is 5. The quantitative estimate of drug-likeness (QED) is 0.493. The lowest BCUT2D eigenvalue weighted by atomic mass is 9.76. The van der Waals surface area contributed by atoms with Crippen molar-refractivity contribution >= 4 is 29.4 Å². The van der Waals surface area contributed by atoms with Crippen LogP contribution >= 0.6 is 11.8 Å². The summed E-state index contributed by atoms with van der Waals surface area (Å²) in [6, 6.07) is -0.415. The third-order valence-corrected chi connectivity index (χ3v) is 8.05. The molecule has 9 nitrogen and oxygen atoms in total. The maximum atomic E-state index is 13.6. The van der Waals surface area contributed by atoms with E-state index < -0.39 is 28.5 Å². The summed E-state index contributed by atoms with van der Waals surface area (Å²) in [6.07, 6.45) is -0.911. The van der Waals surface area contributed by atoms with Gasteiger partial charge in [-0.2, -0.15) is 0 Å². The zero-order valence-electron chi connectivity index (χ0n) is 15.1. The lowest BCUT2D eigenvalue weighted by Gasteiger charge is -2.43. The molecule has 0 aromatic rings. The number of ketones is 2. The van der Waals surface area contributed by atoms with Crippen LogP contribution in [0.15, 0.2) is 11.3 Å². The van der Waals surface area contributed by atoms with Crippen molar-refractivity contribution in [3.05, 3.63) is 11.3 Å². The lowest BCUT2D eigenvalue weighted by Crippen LogP contribution is -2.63. The molecule has 4 N–H and O–H groups in total. The smallest absolute Gasteiger partial charge is 0.404 e. The molecule has 27 heavy (non-hydrogen) atoms. The minimum atomic E-state index is -0.912. The Morgan fingerprint density at radius 1 is 1.44 bits per heavy atom. The number of Topliss-reactive ketones (excluding diaryl/α,β-unsaturated/α-hetero) is 2. The number of primary amides is 1. The van der Waals surface area contributed by atoms with Gasteiger partial charge in [0.1, 0.15) is 11.4 Å². The number of hydrogen-bond donors (Lipinski definition) is 3. The van der Waals surface area contributed by atoms with Crippen LogP contribution in [0, 0.1) is 5.92 Å². The third-order valence-electron chi connectivity index (χ3n) is 6.62. The van der Waals surface area contributed by atoms with Crippen molar-refractivity contribution in [2.75, 3.05) is 32.6 Å². The number of nitrogens with two attached hydrogens (primary N) is 1. The highest BCUT2D eigenvalue weighted by Crippen LogP contribution is 2.57. The number of ether oxygens (including phenoxy) is 2. The molecular weight excluding hydrogens is 372 g/mol. The topological polar surface area (TPSA) is 133 Å². The number of amides is 1. The number of piperazine rings is 1. The summed E-state index contributed by atoms with van der Waals surface area (Å²) in [5.41, 5.74) is 5.11. The Morgan fingerprint density at radius 3 is 2.93 bits per heavy atom. The van der Waals surface area contributed by atoms with Crippen LogP contribution in [-0.4, -0.2) is 83.7 Å². The van der Waals surface area contributed by atoms with Gasteiger partial charge >= 0.3 is 6.09 Å². The van der Waals surface area contributed by atoms with Crippen molar-refractivity contribution in [1.29, 1.82) is 0 Å². The second-order valence-corrected chi connectivity index (χ2v) is 9.34. The Morgan fingerprint density at radius 2 is 2.22 bits per heavy atom. The fourth-order valence-electron chi connectivity index (χ4n) is 5.39. The summed E-state index contributed by atoms with van der Waals surface area (Å²) in [5, 5.41) is 6.58. The van der Waals surface area contributed by atoms with E-state index in [2.05, 4.69) is 10.6 Å². The highest BCUT2D eigenvalue weighted by Gasteiger charge is 2.74. The molecule has 10 heteroatoms. The standard InChI is InChI=1S/C17H22N4O5S/c1-16-13(19-3-4-27-16)11(22)9-7(6-26-15(18)24)17(25-2)12-8(20-12)5-21(17)10(9)14(16)23/h7-8,12-13,19-20H,3-6H2,1-2H3,(H2,18,24)/t7-,8+,12+,13?,16?,17-/m1/s1.